The van der Waals surface area contributed by atoms with Crippen LogP contribution < -0.4 is 20.1 Å². The minimum absolute atomic E-state index is 0.103. The van der Waals surface area contributed by atoms with Gasteiger partial charge in [-0.25, -0.2) is 0 Å². The topological polar surface area (TPSA) is 59.6 Å². The molecular formula is C14H20N2O3. The minimum Gasteiger partial charge on any atom is -0.493 e. The molecule has 1 fully saturated rings. The lowest BCUT2D eigenvalue weighted by molar-refractivity contribution is -0.126. The lowest BCUT2D eigenvalue weighted by Gasteiger charge is -2.25. The quantitative estimate of drug-likeness (QED) is 0.802. The maximum Gasteiger partial charge on any atom is 0.225 e. The van der Waals surface area contributed by atoms with Crippen LogP contribution in [0.1, 0.15) is 12.5 Å². The number of hydrogen-bond acceptors (Lipinski definition) is 4. The average Bonchev–Trinajstić information content (AvgIpc) is 2.35. The Morgan fingerprint density at radius 1 is 1.42 bits per heavy atom. The number of hydrogen-bond donors (Lipinski definition) is 2. The van der Waals surface area contributed by atoms with Crippen LogP contribution in [0.3, 0.4) is 0 Å². The van der Waals surface area contributed by atoms with Crippen molar-refractivity contribution in [1.29, 1.82) is 0 Å². The predicted molar refractivity (Wildman–Crippen MR) is 72.4 cm³/mol. The zero-order valence-corrected chi connectivity index (χ0v) is 11.4. The van der Waals surface area contributed by atoms with Gasteiger partial charge in [-0.05, 0) is 24.6 Å². The largest absolute Gasteiger partial charge is 0.493 e. The molecule has 1 heterocycles. The van der Waals surface area contributed by atoms with Gasteiger partial charge in [-0.3, -0.25) is 4.79 Å². The third-order valence-corrected chi connectivity index (χ3v) is 3.15. The average molecular weight is 264 g/mol. The molecule has 0 unspecified atom stereocenters. The van der Waals surface area contributed by atoms with Crippen molar-refractivity contribution < 1.29 is 14.3 Å². The van der Waals surface area contributed by atoms with Gasteiger partial charge in [-0.1, -0.05) is 6.07 Å². The van der Waals surface area contributed by atoms with E-state index in [2.05, 4.69) is 10.6 Å². The molecule has 0 radical (unpaired) electrons. The molecule has 1 aliphatic heterocycles. The Morgan fingerprint density at radius 3 is 2.79 bits per heavy atom. The van der Waals surface area contributed by atoms with Gasteiger partial charge in [0.2, 0.25) is 5.91 Å². The second-order valence-corrected chi connectivity index (χ2v) is 4.49. The first-order valence-electron chi connectivity index (χ1n) is 6.52. The van der Waals surface area contributed by atoms with Crippen molar-refractivity contribution in [1.82, 2.24) is 10.6 Å². The van der Waals surface area contributed by atoms with E-state index < -0.39 is 0 Å². The van der Waals surface area contributed by atoms with Crippen LogP contribution in [0, 0.1) is 5.92 Å². The molecule has 0 aliphatic carbocycles. The molecule has 0 saturated carbocycles. The summed E-state index contributed by atoms with van der Waals surface area (Å²) >= 11 is 0. The number of carbonyl (C=O) groups is 1. The third kappa shape index (κ3) is 3.38. The predicted octanol–water partition coefficient (Wildman–Crippen LogP) is 0.929. The van der Waals surface area contributed by atoms with Gasteiger partial charge in [0.05, 0.1) is 19.6 Å². The molecule has 1 aliphatic rings. The molecule has 1 aromatic rings. The Balaban J connectivity index is 1.94. The molecule has 1 amide bonds. The van der Waals surface area contributed by atoms with E-state index in [9.17, 15) is 4.79 Å². The van der Waals surface area contributed by atoms with Gasteiger partial charge in [-0.2, -0.15) is 0 Å². The number of benzene rings is 1. The van der Waals surface area contributed by atoms with Crippen molar-refractivity contribution in [3.63, 3.8) is 0 Å². The van der Waals surface area contributed by atoms with Gasteiger partial charge in [0.25, 0.3) is 0 Å². The Kier molecular flexibility index (Phi) is 4.63. The summed E-state index contributed by atoms with van der Waals surface area (Å²) in [6.45, 7) is 4.59. The lowest BCUT2D eigenvalue weighted by atomic mass is 10.0. The number of rotatable bonds is 6. The minimum atomic E-state index is 0.103. The van der Waals surface area contributed by atoms with E-state index in [1.54, 1.807) is 7.11 Å². The fraction of sp³-hybridized carbons (Fsp3) is 0.500. The van der Waals surface area contributed by atoms with Crippen LogP contribution in [0.15, 0.2) is 18.2 Å². The van der Waals surface area contributed by atoms with Crippen molar-refractivity contribution in [2.24, 2.45) is 5.92 Å². The van der Waals surface area contributed by atoms with Gasteiger partial charge < -0.3 is 20.1 Å². The van der Waals surface area contributed by atoms with Gasteiger partial charge in [-0.15, -0.1) is 0 Å². The second-order valence-electron chi connectivity index (χ2n) is 4.49. The first-order chi connectivity index (χ1) is 9.24. The summed E-state index contributed by atoms with van der Waals surface area (Å²) in [4.78, 5) is 11.7. The zero-order valence-electron chi connectivity index (χ0n) is 11.4. The van der Waals surface area contributed by atoms with Crippen LogP contribution in [-0.2, 0) is 11.3 Å². The fourth-order valence-corrected chi connectivity index (χ4v) is 1.90. The molecule has 0 bridgehead atoms. The maximum atomic E-state index is 11.7. The van der Waals surface area contributed by atoms with E-state index in [0.29, 0.717) is 18.9 Å². The van der Waals surface area contributed by atoms with Gasteiger partial charge in [0.15, 0.2) is 11.5 Å². The highest BCUT2D eigenvalue weighted by atomic mass is 16.5. The molecule has 19 heavy (non-hydrogen) atoms. The van der Waals surface area contributed by atoms with Crippen LogP contribution in [0.2, 0.25) is 0 Å². The maximum absolute atomic E-state index is 11.7. The van der Waals surface area contributed by atoms with Gasteiger partial charge in [0, 0.05) is 19.6 Å². The smallest absolute Gasteiger partial charge is 0.225 e. The van der Waals surface area contributed by atoms with Crippen molar-refractivity contribution in [2.75, 3.05) is 26.8 Å². The fourth-order valence-electron chi connectivity index (χ4n) is 1.90. The summed E-state index contributed by atoms with van der Waals surface area (Å²) in [6, 6.07) is 5.70. The van der Waals surface area contributed by atoms with Gasteiger partial charge in [0.1, 0.15) is 0 Å². The molecular weight excluding hydrogens is 244 g/mol. The number of nitrogens with one attached hydrogen (secondary N) is 2. The molecule has 5 heteroatoms. The van der Waals surface area contributed by atoms with Crippen molar-refractivity contribution in [2.45, 2.75) is 13.5 Å². The zero-order chi connectivity index (χ0) is 13.7. The Morgan fingerprint density at radius 2 is 2.21 bits per heavy atom. The monoisotopic (exact) mass is 264 g/mol. The summed E-state index contributed by atoms with van der Waals surface area (Å²) in [5.41, 5.74) is 1.00. The molecule has 1 aromatic carbocycles. The number of carbonyl (C=O) groups excluding carboxylic acids is 1. The number of amides is 1. The van der Waals surface area contributed by atoms with Crippen LogP contribution in [0.5, 0.6) is 11.5 Å². The van der Waals surface area contributed by atoms with Crippen LogP contribution in [-0.4, -0.2) is 32.7 Å². The van der Waals surface area contributed by atoms with E-state index in [-0.39, 0.29) is 11.8 Å². The Hall–Kier alpha value is -1.75. The first kappa shape index (κ1) is 13.7. The molecule has 2 N–H and O–H groups in total. The van der Waals surface area contributed by atoms with E-state index in [1.807, 2.05) is 25.1 Å². The van der Waals surface area contributed by atoms with Crippen LogP contribution >= 0.6 is 0 Å². The number of methoxy groups -OCH3 is 1. The Bertz CT molecular complexity index is 444. The third-order valence-electron chi connectivity index (χ3n) is 3.15. The lowest BCUT2D eigenvalue weighted by Crippen LogP contribution is -2.50. The van der Waals surface area contributed by atoms with Crippen molar-refractivity contribution >= 4 is 5.91 Å². The van der Waals surface area contributed by atoms with Crippen molar-refractivity contribution in [3.05, 3.63) is 23.8 Å². The van der Waals surface area contributed by atoms with E-state index >= 15 is 0 Å². The van der Waals surface area contributed by atoms with E-state index in [0.717, 1.165) is 24.4 Å². The van der Waals surface area contributed by atoms with Crippen LogP contribution in [0.4, 0.5) is 0 Å². The van der Waals surface area contributed by atoms with E-state index in [4.69, 9.17) is 9.47 Å². The highest BCUT2D eigenvalue weighted by Crippen LogP contribution is 2.27. The Labute approximate surface area is 113 Å². The summed E-state index contributed by atoms with van der Waals surface area (Å²) < 4.78 is 10.7. The first-order valence-corrected chi connectivity index (χ1v) is 6.52. The molecule has 0 aromatic heterocycles. The second kappa shape index (κ2) is 6.43. The molecule has 2 rings (SSSR count). The summed E-state index contributed by atoms with van der Waals surface area (Å²) in [5, 5.41) is 6.01. The van der Waals surface area contributed by atoms with E-state index in [1.165, 1.54) is 0 Å². The highest BCUT2D eigenvalue weighted by molar-refractivity contribution is 5.80. The SMILES string of the molecule is CCOc1ccc(CNC(=O)C2CNC2)cc1OC. The molecule has 104 valence electrons. The molecule has 5 nitrogen and oxygen atoms in total. The molecule has 0 spiro atoms. The standard InChI is InChI=1S/C14H20N2O3/c1-3-19-12-5-4-10(6-13(12)18-2)7-16-14(17)11-8-15-9-11/h4-6,11,15H,3,7-9H2,1-2H3,(H,16,17). The normalized spacial score (nSPS) is 14.6. The van der Waals surface area contributed by atoms with Crippen LogP contribution in [0.25, 0.3) is 0 Å². The van der Waals surface area contributed by atoms with Gasteiger partial charge >= 0.3 is 0 Å². The molecule has 1 saturated heterocycles. The summed E-state index contributed by atoms with van der Waals surface area (Å²) in [5.74, 6) is 1.64. The van der Waals surface area contributed by atoms with Crippen molar-refractivity contribution in [3.8, 4) is 11.5 Å². The molecule has 0 atom stereocenters. The number of ether oxygens (including phenoxy) is 2. The highest BCUT2D eigenvalue weighted by Gasteiger charge is 2.24. The summed E-state index contributed by atoms with van der Waals surface area (Å²) in [6.07, 6.45) is 0. The summed E-state index contributed by atoms with van der Waals surface area (Å²) in [7, 11) is 1.61.